The van der Waals surface area contributed by atoms with Crippen molar-refractivity contribution in [3.63, 3.8) is 0 Å². The van der Waals surface area contributed by atoms with Crippen molar-refractivity contribution in [3.8, 4) is 11.5 Å². The first kappa shape index (κ1) is 15.4. The van der Waals surface area contributed by atoms with Gasteiger partial charge in [-0.2, -0.15) is 0 Å². The zero-order valence-electron chi connectivity index (χ0n) is 12.8. The molecule has 3 rings (SSSR count). The van der Waals surface area contributed by atoms with E-state index in [1.165, 1.54) is 18.3 Å². The molecule has 1 aliphatic rings. The minimum atomic E-state index is -0.542. The van der Waals surface area contributed by atoms with E-state index in [2.05, 4.69) is 5.32 Å². The highest BCUT2D eigenvalue weighted by Crippen LogP contribution is 2.37. The van der Waals surface area contributed by atoms with Crippen LogP contribution >= 0.6 is 11.3 Å². The smallest absolute Gasteiger partial charge is 0.251 e. The molecular weight excluding hydrogens is 316 g/mol. The lowest BCUT2D eigenvalue weighted by atomic mass is 10.1. The van der Waals surface area contributed by atoms with E-state index in [4.69, 9.17) is 15.2 Å². The van der Waals surface area contributed by atoms with Crippen molar-refractivity contribution in [3.05, 3.63) is 39.8 Å². The fourth-order valence-corrected chi connectivity index (χ4v) is 3.80. The Morgan fingerprint density at radius 1 is 1.30 bits per heavy atom. The van der Waals surface area contributed by atoms with Gasteiger partial charge in [-0.05, 0) is 30.2 Å². The summed E-state index contributed by atoms with van der Waals surface area (Å²) in [7, 11) is 0. The Kier molecular flexibility index (Phi) is 3.96. The van der Waals surface area contributed by atoms with E-state index < -0.39 is 5.91 Å². The third kappa shape index (κ3) is 3.00. The standard InChI is InChI=1S/C16H16N2O4S/c1-8-13(23-16(18-9(2)19)14(8)15(17)20)6-10-3-4-11-12(5-10)22-7-21-11/h3-5H,6-7H2,1-2H3,(H2,17,20)(H,18,19). The van der Waals surface area contributed by atoms with Gasteiger partial charge in [0.1, 0.15) is 5.00 Å². The Morgan fingerprint density at radius 3 is 2.74 bits per heavy atom. The van der Waals surface area contributed by atoms with Gasteiger partial charge in [0.2, 0.25) is 12.7 Å². The summed E-state index contributed by atoms with van der Waals surface area (Å²) in [6.45, 7) is 3.47. The molecule has 0 radical (unpaired) electrons. The molecule has 7 heteroatoms. The number of rotatable bonds is 4. The van der Waals surface area contributed by atoms with Crippen molar-refractivity contribution >= 4 is 28.2 Å². The van der Waals surface area contributed by atoms with Crippen molar-refractivity contribution in [2.75, 3.05) is 12.1 Å². The van der Waals surface area contributed by atoms with E-state index in [1.54, 1.807) is 0 Å². The monoisotopic (exact) mass is 332 g/mol. The first-order valence-corrected chi connectivity index (χ1v) is 7.85. The maximum absolute atomic E-state index is 11.7. The second-order valence-corrected chi connectivity index (χ2v) is 6.37. The number of anilines is 1. The number of primary amides is 1. The molecule has 2 aromatic rings. The number of nitrogens with one attached hydrogen (secondary N) is 1. The van der Waals surface area contributed by atoms with Gasteiger partial charge in [-0.15, -0.1) is 11.3 Å². The Balaban J connectivity index is 1.93. The zero-order valence-corrected chi connectivity index (χ0v) is 13.6. The molecule has 23 heavy (non-hydrogen) atoms. The number of hydrogen-bond donors (Lipinski definition) is 2. The summed E-state index contributed by atoms with van der Waals surface area (Å²) in [4.78, 5) is 24.0. The van der Waals surface area contributed by atoms with Crippen LogP contribution < -0.4 is 20.5 Å². The van der Waals surface area contributed by atoms with Gasteiger partial charge in [0.25, 0.3) is 5.91 Å². The normalized spacial score (nSPS) is 12.3. The summed E-state index contributed by atoms with van der Waals surface area (Å²) in [5.41, 5.74) is 7.65. The number of ether oxygens (including phenoxy) is 2. The van der Waals surface area contributed by atoms with Crippen LogP contribution in [0.2, 0.25) is 0 Å². The molecule has 3 N–H and O–H groups in total. The van der Waals surface area contributed by atoms with Crippen LogP contribution in [0.3, 0.4) is 0 Å². The van der Waals surface area contributed by atoms with Crippen molar-refractivity contribution in [2.45, 2.75) is 20.3 Å². The summed E-state index contributed by atoms with van der Waals surface area (Å²) in [5.74, 6) is 0.671. The molecule has 0 unspecified atom stereocenters. The third-order valence-corrected chi connectivity index (χ3v) is 4.79. The van der Waals surface area contributed by atoms with Crippen LogP contribution in [0.25, 0.3) is 0 Å². The highest BCUT2D eigenvalue weighted by molar-refractivity contribution is 7.17. The number of nitrogens with two attached hydrogens (primary N) is 1. The van der Waals surface area contributed by atoms with E-state index in [1.807, 2.05) is 25.1 Å². The van der Waals surface area contributed by atoms with Crippen LogP contribution in [0.5, 0.6) is 11.5 Å². The van der Waals surface area contributed by atoms with Crippen LogP contribution in [0, 0.1) is 6.92 Å². The Morgan fingerprint density at radius 2 is 2.04 bits per heavy atom. The SMILES string of the molecule is CC(=O)Nc1sc(Cc2ccc3c(c2)OCO3)c(C)c1C(N)=O. The molecule has 2 amide bonds. The van der Waals surface area contributed by atoms with Crippen LogP contribution in [0.4, 0.5) is 5.00 Å². The lowest BCUT2D eigenvalue weighted by Gasteiger charge is -2.03. The highest BCUT2D eigenvalue weighted by Gasteiger charge is 2.21. The van der Waals surface area contributed by atoms with Gasteiger partial charge in [0, 0.05) is 18.2 Å². The average molecular weight is 332 g/mol. The molecule has 1 aromatic carbocycles. The average Bonchev–Trinajstić information content (AvgIpc) is 3.03. The summed E-state index contributed by atoms with van der Waals surface area (Å²) in [5, 5.41) is 3.18. The fraction of sp³-hybridized carbons (Fsp3) is 0.250. The molecule has 0 aliphatic carbocycles. The van der Waals surface area contributed by atoms with E-state index in [9.17, 15) is 9.59 Å². The molecule has 0 spiro atoms. The van der Waals surface area contributed by atoms with Crippen molar-refractivity contribution in [2.24, 2.45) is 5.73 Å². The van der Waals surface area contributed by atoms with Crippen LogP contribution in [-0.4, -0.2) is 18.6 Å². The van der Waals surface area contributed by atoms with Crippen molar-refractivity contribution in [1.29, 1.82) is 0 Å². The number of carbonyl (C=O) groups is 2. The lowest BCUT2D eigenvalue weighted by molar-refractivity contribution is -0.114. The quantitative estimate of drug-likeness (QED) is 0.899. The summed E-state index contributed by atoms with van der Waals surface area (Å²) >= 11 is 1.37. The molecule has 0 bridgehead atoms. The zero-order chi connectivity index (χ0) is 16.6. The van der Waals surface area contributed by atoms with Crippen LogP contribution in [0.1, 0.15) is 33.3 Å². The second-order valence-electron chi connectivity index (χ2n) is 5.26. The molecule has 1 aromatic heterocycles. The van der Waals surface area contributed by atoms with Gasteiger partial charge in [0.05, 0.1) is 5.56 Å². The Hall–Kier alpha value is -2.54. The summed E-state index contributed by atoms with van der Waals surface area (Å²) < 4.78 is 10.7. The lowest BCUT2D eigenvalue weighted by Crippen LogP contribution is -2.15. The van der Waals surface area contributed by atoms with Gasteiger partial charge in [-0.1, -0.05) is 6.07 Å². The highest BCUT2D eigenvalue weighted by atomic mass is 32.1. The second kappa shape index (κ2) is 5.92. The van der Waals surface area contributed by atoms with Gasteiger partial charge < -0.3 is 20.5 Å². The van der Waals surface area contributed by atoms with E-state index in [0.29, 0.717) is 22.7 Å². The van der Waals surface area contributed by atoms with Gasteiger partial charge in [-0.3, -0.25) is 9.59 Å². The molecule has 0 saturated heterocycles. The predicted octanol–water partition coefficient (Wildman–Crippen LogP) is 2.43. The summed E-state index contributed by atoms with van der Waals surface area (Å²) in [6, 6.07) is 5.74. The van der Waals surface area contributed by atoms with E-state index in [-0.39, 0.29) is 12.7 Å². The number of carbonyl (C=O) groups excluding carboxylic acids is 2. The minimum Gasteiger partial charge on any atom is -0.454 e. The van der Waals surface area contributed by atoms with Gasteiger partial charge in [-0.25, -0.2) is 0 Å². The molecule has 2 heterocycles. The number of fused-ring (bicyclic) bond motifs is 1. The molecule has 1 aliphatic heterocycles. The van der Waals surface area contributed by atoms with E-state index >= 15 is 0 Å². The first-order chi connectivity index (χ1) is 11.0. The van der Waals surface area contributed by atoms with E-state index in [0.717, 1.165) is 21.8 Å². The predicted molar refractivity (Wildman–Crippen MR) is 87.2 cm³/mol. The maximum Gasteiger partial charge on any atom is 0.251 e. The minimum absolute atomic E-state index is 0.231. The molecule has 0 saturated carbocycles. The number of thiophene rings is 1. The van der Waals surface area contributed by atoms with Crippen molar-refractivity contribution < 1.29 is 19.1 Å². The van der Waals surface area contributed by atoms with Crippen LogP contribution in [0.15, 0.2) is 18.2 Å². The Bertz CT molecular complexity index is 798. The number of amides is 2. The van der Waals surface area contributed by atoms with Gasteiger partial charge in [0.15, 0.2) is 11.5 Å². The van der Waals surface area contributed by atoms with Crippen molar-refractivity contribution in [1.82, 2.24) is 0 Å². The molecule has 6 nitrogen and oxygen atoms in total. The molecule has 120 valence electrons. The Labute approximate surface area is 137 Å². The number of hydrogen-bond acceptors (Lipinski definition) is 5. The number of benzene rings is 1. The first-order valence-electron chi connectivity index (χ1n) is 7.04. The van der Waals surface area contributed by atoms with Crippen LogP contribution in [-0.2, 0) is 11.2 Å². The molecule has 0 atom stereocenters. The maximum atomic E-state index is 11.7. The molecule has 0 fully saturated rings. The van der Waals surface area contributed by atoms with Gasteiger partial charge >= 0.3 is 0 Å². The summed E-state index contributed by atoms with van der Waals surface area (Å²) in [6.07, 6.45) is 0.618. The third-order valence-electron chi connectivity index (χ3n) is 3.58. The topological polar surface area (TPSA) is 90.7 Å². The molecular formula is C16H16N2O4S. The fourth-order valence-electron chi connectivity index (χ4n) is 2.51. The largest absolute Gasteiger partial charge is 0.454 e.